The minimum Gasteiger partial charge on any atom is -0.385 e. The molecule has 0 fully saturated rings. The summed E-state index contributed by atoms with van der Waals surface area (Å²) >= 11 is 0. The summed E-state index contributed by atoms with van der Waals surface area (Å²) in [7, 11) is 3.27. The number of carbonyl (C=O) groups excluding carboxylic acids is 2. The van der Waals surface area contributed by atoms with E-state index < -0.39 is 17.2 Å². The van der Waals surface area contributed by atoms with Gasteiger partial charge in [-0.15, -0.1) is 0 Å². The van der Waals surface area contributed by atoms with Crippen molar-refractivity contribution in [1.29, 1.82) is 0 Å². The maximum absolute atomic E-state index is 13.7. The van der Waals surface area contributed by atoms with Crippen LogP contribution in [0, 0.1) is 30.4 Å². The van der Waals surface area contributed by atoms with Gasteiger partial charge in [0.1, 0.15) is 11.4 Å². The first-order valence-electron chi connectivity index (χ1n) is 15.2. The molecule has 0 spiro atoms. The zero-order valence-corrected chi connectivity index (χ0v) is 26.5. The van der Waals surface area contributed by atoms with Crippen LogP contribution in [0.4, 0.5) is 8.78 Å². The molecule has 2 heterocycles. The first kappa shape index (κ1) is 33.1. The lowest BCUT2D eigenvalue weighted by Crippen LogP contribution is -2.25. The number of nitrogens with zero attached hydrogens (tertiary/aromatic N) is 4. The number of Topliss-reactive ketones (excluding diaryl/α,β-unsaturated/α-hetero) is 2. The molecule has 3 aromatic carbocycles. The van der Waals surface area contributed by atoms with Gasteiger partial charge in [-0.3, -0.25) is 19.1 Å². The van der Waals surface area contributed by atoms with Crippen LogP contribution in [-0.4, -0.2) is 44.6 Å². The van der Waals surface area contributed by atoms with Crippen LogP contribution < -0.4 is 5.56 Å². The molecule has 10 heteroatoms. The predicted octanol–water partition coefficient (Wildman–Crippen LogP) is 5.98. The molecule has 0 aliphatic heterocycles. The van der Waals surface area contributed by atoms with Crippen LogP contribution in [0.3, 0.4) is 0 Å². The zero-order valence-electron chi connectivity index (χ0n) is 26.5. The average molecular weight is 637 g/mol. The van der Waals surface area contributed by atoms with E-state index in [1.54, 1.807) is 32.0 Å². The van der Waals surface area contributed by atoms with E-state index in [9.17, 15) is 23.2 Å². The molecular formula is C37H34F2N4O4. The van der Waals surface area contributed by atoms with E-state index in [1.807, 2.05) is 42.5 Å². The highest BCUT2D eigenvalue weighted by Gasteiger charge is 2.21. The lowest BCUT2D eigenvalue weighted by atomic mass is 10.0. The maximum Gasteiger partial charge on any atom is 0.278 e. The Labute approximate surface area is 271 Å². The van der Waals surface area contributed by atoms with Crippen LogP contribution in [0.25, 0.3) is 10.9 Å². The lowest BCUT2D eigenvalue weighted by Gasteiger charge is -2.08. The molecule has 0 amide bonds. The fraction of sp³-hybridized carbons (Fsp3) is 0.270. The Morgan fingerprint density at radius 3 is 2.45 bits per heavy atom. The normalized spacial score (nSPS) is 11.0. The number of methoxy groups -OCH3 is 1. The molecule has 0 radical (unpaired) electrons. The Balaban J connectivity index is 1.19. The van der Waals surface area contributed by atoms with Gasteiger partial charge < -0.3 is 4.74 Å². The van der Waals surface area contributed by atoms with Gasteiger partial charge in [0.2, 0.25) is 0 Å². The Kier molecular flexibility index (Phi) is 10.5. The summed E-state index contributed by atoms with van der Waals surface area (Å²) in [5.74, 6) is 4.55. The minimum atomic E-state index is -0.998. The lowest BCUT2D eigenvalue weighted by molar-refractivity contribution is 0.0960. The van der Waals surface area contributed by atoms with E-state index in [1.165, 1.54) is 10.7 Å². The summed E-state index contributed by atoms with van der Waals surface area (Å²) in [5, 5.41) is 0.829. The summed E-state index contributed by atoms with van der Waals surface area (Å²) < 4.78 is 34.9. The van der Waals surface area contributed by atoms with Crippen LogP contribution in [0.1, 0.15) is 74.6 Å². The standard InChI is InChI=1S/C37H34F2N4O4/c1-24-36(37(46)43(42(24)2)23-27-12-16-30(38)31(39)20-27)34(45)8-5-4-7-25-13-17-32-29(19-25)22-40-35(41-32)21-26-10-14-28(15-11-26)33(44)9-6-18-47-3/h10-17,19-20,22H,5-6,8-9,18,21,23H2,1-3H3. The van der Waals surface area contributed by atoms with Crippen LogP contribution in [0.15, 0.2) is 71.7 Å². The summed E-state index contributed by atoms with van der Waals surface area (Å²) in [4.78, 5) is 47.6. The highest BCUT2D eigenvalue weighted by atomic mass is 19.2. The first-order valence-corrected chi connectivity index (χ1v) is 15.2. The van der Waals surface area contributed by atoms with E-state index in [-0.39, 0.29) is 36.5 Å². The largest absolute Gasteiger partial charge is 0.385 e. The second kappa shape index (κ2) is 14.9. The number of hydrogen-bond acceptors (Lipinski definition) is 6. The molecule has 0 unspecified atom stereocenters. The van der Waals surface area contributed by atoms with E-state index in [2.05, 4.69) is 21.8 Å². The third-order valence-corrected chi connectivity index (χ3v) is 7.98. The number of halogens is 2. The Hall–Kier alpha value is -5.27. The number of ether oxygens (including phenoxy) is 1. The molecule has 5 aromatic rings. The van der Waals surface area contributed by atoms with Gasteiger partial charge in [-0.2, -0.15) is 0 Å². The SMILES string of the molecule is COCCCC(=O)c1ccc(Cc2ncc3cc(C#CCCC(=O)c4c(C)n(C)n(Cc5ccc(F)c(F)c5)c4=O)ccc3n2)cc1. The summed E-state index contributed by atoms with van der Waals surface area (Å²) in [6.45, 7) is 2.24. The first-order chi connectivity index (χ1) is 22.6. The third kappa shape index (κ3) is 7.94. The zero-order chi connectivity index (χ0) is 33.5. The highest BCUT2D eigenvalue weighted by Crippen LogP contribution is 2.17. The topological polar surface area (TPSA) is 96.1 Å². The van der Waals surface area contributed by atoms with Gasteiger partial charge in [0, 0.05) is 74.9 Å². The predicted molar refractivity (Wildman–Crippen MR) is 175 cm³/mol. The number of rotatable bonds is 12. The van der Waals surface area contributed by atoms with Crippen molar-refractivity contribution in [2.45, 2.75) is 45.6 Å². The molecule has 2 aromatic heterocycles. The van der Waals surface area contributed by atoms with Gasteiger partial charge in [0.25, 0.3) is 5.56 Å². The van der Waals surface area contributed by atoms with Gasteiger partial charge in [0.15, 0.2) is 23.2 Å². The van der Waals surface area contributed by atoms with Crippen molar-refractivity contribution in [3.8, 4) is 11.8 Å². The minimum absolute atomic E-state index is 0.00107. The van der Waals surface area contributed by atoms with Crippen molar-refractivity contribution in [2.75, 3.05) is 13.7 Å². The molecule has 0 saturated carbocycles. The van der Waals surface area contributed by atoms with Gasteiger partial charge in [-0.1, -0.05) is 42.2 Å². The number of ketones is 2. The summed E-state index contributed by atoms with van der Waals surface area (Å²) in [6, 6.07) is 16.6. The molecule has 0 aliphatic rings. The number of benzene rings is 3. The number of hydrogen-bond donors (Lipinski definition) is 0. The van der Waals surface area contributed by atoms with Crippen molar-refractivity contribution in [1.82, 2.24) is 19.3 Å². The average Bonchev–Trinajstić information content (AvgIpc) is 3.27. The Bertz CT molecular complexity index is 2070. The van der Waals surface area contributed by atoms with Crippen LogP contribution in [0.2, 0.25) is 0 Å². The fourth-order valence-corrected chi connectivity index (χ4v) is 5.29. The summed E-state index contributed by atoms with van der Waals surface area (Å²) in [6.07, 6.45) is 3.74. The Morgan fingerprint density at radius 1 is 0.936 bits per heavy atom. The van der Waals surface area contributed by atoms with Crippen molar-refractivity contribution in [3.63, 3.8) is 0 Å². The number of aromatic nitrogens is 4. The fourth-order valence-electron chi connectivity index (χ4n) is 5.29. The van der Waals surface area contributed by atoms with E-state index in [4.69, 9.17) is 4.74 Å². The molecular weight excluding hydrogens is 602 g/mol. The van der Waals surface area contributed by atoms with Crippen molar-refractivity contribution in [3.05, 3.63) is 128 Å². The van der Waals surface area contributed by atoms with Crippen LogP contribution in [0.5, 0.6) is 0 Å². The molecule has 0 saturated heterocycles. The molecule has 240 valence electrons. The van der Waals surface area contributed by atoms with Crippen molar-refractivity contribution < 1.29 is 23.1 Å². The summed E-state index contributed by atoms with van der Waals surface area (Å²) in [5.41, 5.74) is 3.69. The quantitative estimate of drug-likeness (QED) is 0.0950. The van der Waals surface area contributed by atoms with Crippen LogP contribution in [-0.2, 0) is 24.8 Å². The van der Waals surface area contributed by atoms with E-state index >= 15 is 0 Å². The van der Waals surface area contributed by atoms with Gasteiger partial charge in [-0.25, -0.2) is 23.4 Å². The molecule has 0 aliphatic carbocycles. The molecule has 8 nitrogen and oxygen atoms in total. The molecule has 0 N–H and O–H groups in total. The maximum atomic E-state index is 13.7. The molecule has 47 heavy (non-hydrogen) atoms. The van der Waals surface area contributed by atoms with Gasteiger partial charge in [-0.05, 0) is 54.8 Å². The van der Waals surface area contributed by atoms with Crippen molar-refractivity contribution in [2.24, 2.45) is 7.05 Å². The van der Waals surface area contributed by atoms with E-state index in [0.29, 0.717) is 48.5 Å². The number of fused-ring (bicyclic) bond motifs is 1. The monoisotopic (exact) mass is 636 g/mol. The Morgan fingerprint density at radius 2 is 1.70 bits per heavy atom. The smallest absolute Gasteiger partial charge is 0.278 e. The molecule has 0 bridgehead atoms. The highest BCUT2D eigenvalue weighted by molar-refractivity contribution is 5.97. The van der Waals surface area contributed by atoms with Crippen molar-refractivity contribution >= 4 is 22.5 Å². The van der Waals surface area contributed by atoms with Gasteiger partial charge >= 0.3 is 0 Å². The van der Waals surface area contributed by atoms with Crippen LogP contribution >= 0.6 is 0 Å². The number of carbonyl (C=O) groups is 2. The second-order valence-corrected chi connectivity index (χ2v) is 11.3. The molecule has 5 rings (SSSR count). The molecule has 0 atom stereocenters. The van der Waals surface area contributed by atoms with Gasteiger partial charge in [0.05, 0.1) is 12.1 Å². The second-order valence-electron chi connectivity index (χ2n) is 11.3. The third-order valence-electron chi connectivity index (χ3n) is 7.98. The van der Waals surface area contributed by atoms with E-state index in [0.717, 1.165) is 34.2 Å².